The molecule has 0 atom stereocenters. The van der Waals surface area contributed by atoms with Gasteiger partial charge in [0.2, 0.25) is 0 Å². The van der Waals surface area contributed by atoms with E-state index < -0.39 is 0 Å². The van der Waals surface area contributed by atoms with Gasteiger partial charge in [-0.1, -0.05) is 114 Å². The quantitative estimate of drug-likeness (QED) is 0.158. The zero-order valence-corrected chi connectivity index (χ0v) is 33.2. The molecule has 5 heterocycles. The van der Waals surface area contributed by atoms with Gasteiger partial charge in [0.25, 0.3) is 0 Å². The first kappa shape index (κ1) is 36.2. The molecule has 5 nitrogen and oxygen atoms in total. The lowest BCUT2D eigenvalue weighted by molar-refractivity contribution is 1.28. The number of nitrogens with zero attached hydrogens (tertiary/aromatic N) is 3. The van der Waals surface area contributed by atoms with E-state index in [9.17, 15) is 0 Å². The van der Waals surface area contributed by atoms with Crippen LogP contribution < -0.4 is 4.90 Å². The molecule has 0 saturated heterocycles. The normalized spacial score (nSPS) is 12.0. The molecule has 7 heteroatoms. The second-order valence-corrected chi connectivity index (χ2v) is 15.2. The van der Waals surface area contributed by atoms with Crippen LogP contribution in [0.1, 0.15) is 33.9 Å². The molecule has 5 aromatic carbocycles. The SMILES string of the molecule is Clc1cccc(Cl)c1-c1c2nc(cc3ccc([nH]3)c(-c3ccc(/C=C/c4ccc(N(c5ccccc5)c5ccccc5)cc4)cc3)c3ccc(cc4nc1C=C4)[nH]3)C=C2. The summed E-state index contributed by atoms with van der Waals surface area (Å²) in [5.41, 5.74) is 16.1. The van der Waals surface area contributed by atoms with Gasteiger partial charge in [0.1, 0.15) is 0 Å². The third kappa shape index (κ3) is 7.41. The smallest absolute Gasteiger partial charge is 0.0738 e. The summed E-state index contributed by atoms with van der Waals surface area (Å²) in [4.78, 5) is 19.6. The van der Waals surface area contributed by atoms with E-state index in [1.165, 1.54) is 0 Å². The van der Waals surface area contributed by atoms with Crippen LogP contribution in [-0.2, 0) is 0 Å². The van der Waals surface area contributed by atoms with Gasteiger partial charge in [-0.2, -0.15) is 0 Å². The van der Waals surface area contributed by atoms with Gasteiger partial charge in [-0.3, -0.25) is 0 Å². The van der Waals surface area contributed by atoms with E-state index in [0.717, 1.165) is 89.7 Å². The molecule has 8 aromatic rings. The van der Waals surface area contributed by atoms with Gasteiger partial charge < -0.3 is 14.9 Å². The van der Waals surface area contributed by atoms with Gasteiger partial charge in [0.15, 0.2) is 0 Å². The predicted octanol–water partition coefficient (Wildman–Crippen LogP) is 14.9. The van der Waals surface area contributed by atoms with Crippen LogP contribution in [0.3, 0.4) is 0 Å². The van der Waals surface area contributed by atoms with Gasteiger partial charge in [-0.15, -0.1) is 0 Å². The molecule has 8 bridgehead atoms. The first-order valence-corrected chi connectivity index (χ1v) is 20.1. The van der Waals surface area contributed by atoms with Crippen molar-refractivity contribution < 1.29 is 0 Å². The van der Waals surface area contributed by atoms with Gasteiger partial charge in [-0.25, -0.2) is 9.97 Å². The first-order valence-electron chi connectivity index (χ1n) is 19.4. The van der Waals surface area contributed by atoms with Crippen LogP contribution in [0, 0.1) is 0 Å². The number of para-hydroxylation sites is 2. The molecule has 0 radical (unpaired) electrons. The highest BCUT2D eigenvalue weighted by atomic mass is 35.5. The second kappa shape index (κ2) is 15.6. The maximum atomic E-state index is 6.76. The number of rotatable bonds is 7. The highest BCUT2D eigenvalue weighted by molar-refractivity contribution is 6.39. The summed E-state index contributed by atoms with van der Waals surface area (Å²) in [7, 11) is 0. The fraction of sp³-hybridized carbons (Fsp3) is 0. The van der Waals surface area contributed by atoms with Crippen LogP contribution in [0.5, 0.6) is 0 Å². The molecule has 0 saturated carbocycles. The van der Waals surface area contributed by atoms with E-state index >= 15 is 0 Å². The van der Waals surface area contributed by atoms with E-state index in [1.807, 2.05) is 66.8 Å². The molecule has 2 aliphatic heterocycles. The van der Waals surface area contributed by atoms with Crippen LogP contribution in [-0.4, -0.2) is 19.9 Å². The maximum Gasteiger partial charge on any atom is 0.0738 e. The van der Waals surface area contributed by atoms with Crippen molar-refractivity contribution in [2.45, 2.75) is 0 Å². The number of aromatic nitrogens is 4. The summed E-state index contributed by atoms with van der Waals surface area (Å²) in [6.45, 7) is 0. The Morgan fingerprint density at radius 1 is 0.424 bits per heavy atom. The molecule has 0 aliphatic carbocycles. The largest absolute Gasteiger partial charge is 0.355 e. The number of hydrogen-bond donors (Lipinski definition) is 2. The maximum absolute atomic E-state index is 6.76. The van der Waals surface area contributed by atoms with Crippen molar-refractivity contribution in [3.05, 3.63) is 208 Å². The molecule has 282 valence electrons. The Morgan fingerprint density at radius 2 is 0.898 bits per heavy atom. The molecule has 2 N–H and O–H groups in total. The second-order valence-electron chi connectivity index (χ2n) is 14.4. The van der Waals surface area contributed by atoms with E-state index in [2.05, 4.69) is 148 Å². The fourth-order valence-corrected chi connectivity index (χ4v) is 8.25. The van der Waals surface area contributed by atoms with Crippen LogP contribution in [0.15, 0.2) is 164 Å². The zero-order valence-electron chi connectivity index (χ0n) is 31.7. The third-order valence-corrected chi connectivity index (χ3v) is 11.1. The van der Waals surface area contributed by atoms with E-state index in [1.54, 1.807) is 0 Å². The summed E-state index contributed by atoms with van der Waals surface area (Å²) in [5, 5.41) is 1.08. The first-order chi connectivity index (χ1) is 29.0. The molecular formula is C52H35Cl2N5. The summed E-state index contributed by atoms with van der Waals surface area (Å²) >= 11 is 13.5. The van der Waals surface area contributed by atoms with Crippen molar-refractivity contribution in [3.63, 3.8) is 0 Å². The van der Waals surface area contributed by atoms with Crippen LogP contribution >= 0.6 is 23.2 Å². The average molecular weight is 801 g/mol. The van der Waals surface area contributed by atoms with Crippen molar-refractivity contribution in [1.29, 1.82) is 0 Å². The minimum atomic E-state index is 0.541. The van der Waals surface area contributed by atoms with E-state index in [4.69, 9.17) is 33.2 Å². The molecule has 0 fully saturated rings. The van der Waals surface area contributed by atoms with Gasteiger partial charge in [-0.05, 0) is 126 Å². The zero-order chi connectivity index (χ0) is 39.7. The molecule has 10 rings (SSSR count). The molecular weight excluding hydrogens is 766 g/mol. The lowest BCUT2D eigenvalue weighted by Crippen LogP contribution is -2.09. The fourth-order valence-electron chi connectivity index (χ4n) is 7.67. The van der Waals surface area contributed by atoms with Crippen molar-refractivity contribution >= 4 is 98.8 Å². The minimum absolute atomic E-state index is 0.541. The van der Waals surface area contributed by atoms with Gasteiger partial charge in [0, 0.05) is 55.8 Å². The molecule has 0 amide bonds. The summed E-state index contributed by atoms with van der Waals surface area (Å²) in [6, 6.07) is 56.3. The highest BCUT2D eigenvalue weighted by Crippen LogP contribution is 2.40. The van der Waals surface area contributed by atoms with Crippen molar-refractivity contribution in [2.75, 3.05) is 4.90 Å². The number of benzene rings is 5. The van der Waals surface area contributed by atoms with Crippen LogP contribution in [0.4, 0.5) is 17.1 Å². The Bertz CT molecular complexity index is 2950. The average Bonchev–Trinajstić information content (AvgIpc) is 4.11. The number of anilines is 3. The molecule has 3 aromatic heterocycles. The van der Waals surface area contributed by atoms with Crippen molar-refractivity contribution in [3.8, 4) is 22.3 Å². The molecule has 0 spiro atoms. The van der Waals surface area contributed by atoms with Gasteiger partial charge in [0.05, 0.1) is 32.8 Å². The number of halogens is 2. The highest BCUT2D eigenvalue weighted by Gasteiger charge is 2.19. The topological polar surface area (TPSA) is 60.6 Å². The molecule has 2 aliphatic rings. The Morgan fingerprint density at radius 3 is 1.41 bits per heavy atom. The lowest BCUT2D eigenvalue weighted by Gasteiger charge is -2.25. The predicted molar refractivity (Wildman–Crippen MR) is 250 cm³/mol. The number of hydrogen-bond acceptors (Lipinski definition) is 3. The summed E-state index contributed by atoms with van der Waals surface area (Å²) in [5.74, 6) is 0. The van der Waals surface area contributed by atoms with Gasteiger partial charge >= 0.3 is 0 Å². The van der Waals surface area contributed by atoms with Crippen molar-refractivity contribution in [1.82, 2.24) is 19.9 Å². The molecule has 59 heavy (non-hydrogen) atoms. The minimum Gasteiger partial charge on any atom is -0.355 e. The number of nitrogens with one attached hydrogen (secondary N) is 2. The Kier molecular flexibility index (Phi) is 9.59. The van der Waals surface area contributed by atoms with E-state index in [0.29, 0.717) is 15.6 Å². The Hall–Kier alpha value is -7.18. The standard InChI is InChI=1S/C52H35Cl2N5/c53-44-12-7-13-45(54)51(44)52-48-30-24-39(57-48)32-37-22-28-46(55-37)50(47-29-23-38(56-47)33-40-25-31-49(52)58-40)36-20-16-34(17-21-36)14-15-35-18-26-43(27-19-35)59(41-8-3-1-4-9-41)42-10-5-2-6-11-42/h1-33,55-56H/b15-14+,37-32?,38-33?,39-32?,40-33?,50-46?,50-47?,52-48?,52-49?. The Labute approximate surface area is 351 Å². The van der Waals surface area contributed by atoms with Crippen LogP contribution in [0.25, 0.3) is 80.8 Å². The van der Waals surface area contributed by atoms with Crippen LogP contribution in [0.2, 0.25) is 10.0 Å². The monoisotopic (exact) mass is 799 g/mol. The Balaban J connectivity index is 1.00. The lowest BCUT2D eigenvalue weighted by atomic mass is 10.0. The molecule has 0 unspecified atom stereocenters. The third-order valence-electron chi connectivity index (χ3n) is 10.5. The summed E-state index contributed by atoms with van der Waals surface area (Å²) in [6.07, 6.45) is 12.3. The number of fused-ring (bicyclic) bond motifs is 8. The van der Waals surface area contributed by atoms with E-state index in [-0.39, 0.29) is 0 Å². The number of aromatic amines is 2. The number of H-pyrrole nitrogens is 2. The summed E-state index contributed by atoms with van der Waals surface area (Å²) < 4.78 is 0. The van der Waals surface area contributed by atoms with Crippen molar-refractivity contribution in [2.24, 2.45) is 0 Å².